The Kier molecular flexibility index (Phi) is 8.27. The molecule has 0 spiro atoms. The molecule has 1 aliphatic rings. The first-order chi connectivity index (χ1) is 15.0. The van der Waals surface area contributed by atoms with E-state index in [-0.39, 0.29) is 12.5 Å². The Morgan fingerprint density at radius 1 is 1.16 bits per heavy atom. The van der Waals surface area contributed by atoms with Crippen LogP contribution in [0.15, 0.2) is 23.2 Å². The van der Waals surface area contributed by atoms with Gasteiger partial charge >= 0.3 is 18.3 Å². The van der Waals surface area contributed by atoms with Crippen molar-refractivity contribution in [3.05, 3.63) is 23.8 Å². The van der Waals surface area contributed by atoms with Crippen LogP contribution in [0.1, 0.15) is 46.1 Å². The number of amides is 3. The number of carbonyl (C=O) groups excluding carboxylic acids is 1. The fourth-order valence-electron chi connectivity index (χ4n) is 3.25. The minimum Gasteiger partial charge on any atom is -0.465 e. The van der Waals surface area contributed by atoms with Crippen molar-refractivity contribution in [3.8, 4) is 0 Å². The minimum atomic E-state index is -1.55. The summed E-state index contributed by atoms with van der Waals surface area (Å²) in [4.78, 5) is 41.6. The molecule has 0 aliphatic carbocycles. The smallest absolute Gasteiger partial charge is 0.417 e. The van der Waals surface area contributed by atoms with Gasteiger partial charge in [0, 0.05) is 31.0 Å². The van der Waals surface area contributed by atoms with Crippen LogP contribution in [-0.4, -0.2) is 64.6 Å². The van der Waals surface area contributed by atoms with E-state index in [1.54, 1.807) is 39.8 Å². The fourth-order valence-corrected chi connectivity index (χ4v) is 3.25. The van der Waals surface area contributed by atoms with Gasteiger partial charge in [-0.1, -0.05) is 0 Å². The SMILES string of the molecule is CCN=C(NC(=O)OC(C)(C)C)Nc1ccc(N2CCCC2)c(CN(C(=O)O)C(=O)O)c1. The van der Waals surface area contributed by atoms with Crippen LogP contribution >= 0.6 is 0 Å². The highest BCUT2D eigenvalue weighted by molar-refractivity contribution is 6.02. The van der Waals surface area contributed by atoms with Gasteiger partial charge in [-0.15, -0.1) is 0 Å². The number of guanidine groups is 1. The van der Waals surface area contributed by atoms with Crippen LogP contribution in [0.5, 0.6) is 0 Å². The van der Waals surface area contributed by atoms with E-state index >= 15 is 0 Å². The first kappa shape index (κ1) is 24.8. The summed E-state index contributed by atoms with van der Waals surface area (Å²) < 4.78 is 5.25. The van der Waals surface area contributed by atoms with Gasteiger partial charge in [-0.3, -0.25) is 10.3 Å². The highest BCUT2D eigenvalue weighted by atomic mass is 16.6. The lowest BCUT2D eigenvalue weighted by Crippen LogP contribution is -2.40. The number of ether oxygens (including phenoxy) is 1. The normalized spacial score (nSPS) is 14.1. The van der Waals surface area contributed by atoms with Crippen LogP contribution in [0, 0.1) is 0 Å². The Bertz CT molecular complexity index is 860. The van der Waals surface area contributed by atoms with E-state index in [4.69, 9.17) is 4.74 Å². The summed E-state index contributed by atoms with van der Waals surface area (Å²) in [6, 6.07) is 5.24. The van der Waals surface area contributed by atoms with Gasteiger partial charge in [0.05, 0.1) is 6.54 Å². The van der Waals surface area contributed by atoms with Crippen LogP contribution < -0.4 is 15.5 Å². The van der Waals surface area contributed by atoms with Gasteiger partial charge in [0.15, 0.2) is 0 Å². The van der Waals surface area contributed by atoms with Crippen molar-refractivity contribution in [2.45, 2.75) is 52.7 Å². The van der Waals surface area contributed by atoms with Gasteiger partial charge < -0.3 is 25.2 Å². The number of hydrogen-bond acceptors (Lipinski definition) is 6. The van der Waals surface area contributed by atoms with Crippen molar-refractivity contribution in [2.75, 3.05) is 29.9 Å². The first-order valence-electron chi connectivity index (χ1n) is 10.4. The molecule has 11 heteroatoms. The van der Waals surface area contributed by atoms with Gasteiger partial charge in [0.2, 0.25) is 5.96 Å². The average molecular weight is 450 g/mol. The summed E-state index contributed by atoms with van der Waals surface area (Å²) in [5, 5.41) is 24.1. The summed E-state index contributed by atoms with van der Waals surface area (Å²) in [5.41, 5.74) is 1.13. The number of nitrogens with one attached hydrogen (secondary N) is 2. The number of aliphatic imine (C=N–C) groups is 1. The lowest BCUT2D eigenvalue weighted by molar-refractivity contribution is 0.0562. The van der Waals surface area contributed by atoms with Crippen molar-refractivity contribution >= 4 is 35.6 Å². The molecule has 0 aromatic heterocycles. The van der Waals surface area contributed by atoms with Crippen LogP contribution in [0.25, 0.3) is 0 Å². The summed E-state index contributed by atoms with van der Waals surface area (Å²) >= 11 is 0. The zero-order chi connectivity index (χ0) is 23.9. The lowest BCUT2D eigenvalue weighted by Gasteiger charge is -2.24. The largest absolute Gasteiger partial charge is 0.465 e. The van der Waals surface area contributed by atoms with Crippen LogP contribution in [-0.2, 0) is 11.3 Å². The third-order valence-corrected chi connectivity index (χ3v) is 4.51. The molecular formula is C21H31N5O6. The second-order valence-corrected chi connectivity index (χ2v) is 8.26. The molecule has 1 saturated heterocycles. The third kappa shape index (κ3) is 7.33. The Hall–Kier alpha value is -3.50. The molecule has 1 aromatic carbocycles. The number of alkyl carbamates (subject to hydrolysis) is 1. The predicted molar refractivity (Wildman–Crippen MR) is 120 cm³/mol. The highest BCUT2D eigenvalue weighted by Crippen LogP contribution is 2.29. The van der Waals surface area contributed by atoms with Crippen LogP contribution in [0.4, 0.5) is 25.8 Å². The molecule has 3 amide bonds. The lowest BCUT2D eigenvalue weighted by atomic mass is 10.1. The van der Waals surface area contributed by atoms with Crippen molar-refractivity contribution < 1.29 is 29.3 Å². The summed E-state index contributed by atoms with van der Waals surface area (Å²) in [5.74, 6) is 0.162. The van der Waals surface area contributed by atoms with Crippen molar-refractivity contribution in [1.29, 1.82) is 0 Å². The molecule has 176 valence electrons. The Morgan fingerprint density at radius 2 is 1.78 bits per heavy atom. The van der Waals surface area contributed by atoms with Crippen molar-refractivity contribution in [3.63, 3.8) is 0 Å². The van der Waals surface area contributed by atoms with Crippen molar-refractivity contribution in [1.82, 2.24) is 10.2 Å². The first-order valence-corrected chi connectivity index (χ1v) is 10.4. The number of nitrogens with zero attached hydrogens (tertiary/aromatic N) is 3. The number of hydrogen-bond donors (Lipinski definition) is 4. The van der Waals surface area contributed by atoms with E-state index in [2.05, 4.69) is 20.5 Å². The molecule has 1 aliphatic heterocycles. The van der Waals surface area contributed by atoms with Crippen LogP contribution in [0.2, 0.25) is 0 Å². The molecule has 0 saturated carbocycles. The molecule has 32 heavy (non-hydrogen) atoms. The second kappa shape index (κ2) is 10.7. The molecule has 4 N–H and O–H groups in total. The Morgan fingerprint density at radius 3 is 2.31 bits per heavy atom. The van der Waals surface area contributed by atoms with E-state index in [1.807, 2.05) is 6.07 Å². The molecule has 0 bridgehead atoms. The molecule has 0 atom stereocenters. The van der Waals surface area contributed by atoms with Gasteiger partial charge in [-0.2, -0.15) is 0 Å². The zero-order valence-corrected chi connectivity index (χ0v) is 18.8. The molecule has 0 unspecified atom stereocenters. The standard InChI is InChI=1S/C21H31N5O6/c1-5-22-17(24-18(27)32-21(2,3)4)23-15-8-9-16(25-10-6-7-11-25)14(12-15)13-26(19(28)29)20(30)31/h8-9,12H,5-7,10-11,13H2,1-4H3,(H,28,29)(H,30,31)(H2,22,23,24,27). The monoisotopic (exact) mass is 449 g/mol. The molecular weight excluding hydrogens is 418 g/mol. The molecule has 2 rings (SSSR count). The summed E-state index contributed by atoms with van der Waals surface area (Å²) in [6.45, 7) is 8.72. The highest BCUT2D eigenvalue weighted by Gasteiger charge is 2.24. The fraction of sp³-hybridized carbons (Fsp3) is 0.524. The number of rotatable bonds is 5. The average Bonchev–Trinajstić information content (AvgIpc) is 3.18. The van der Waals surface area contributed by atoms with Gasteiger partial charge in [-0.25, -0.2) is 19.3 Å². The van der Waals surface area contributed by atoms with Crippen LogP contribution in [0.3, 0.4) is 0 Å². The number of carbonyl (C=O) groups is 3. The van der Waals surface area contributed by atoms with E-state index in [0.717, 1.165) is 31.6 Å². The van der Waals surface area contributed by atoms with E-state index in [9.17, 15) is 24.6 Å². The quantitative estimate of drug-likeness (QED) is 0.393. The van der Waals surface area contributed by atoms with Crippen molar-refractivity contribution in [2.24, 2.45) is 4.99 Å². The number of carboxylic acid groups (broad SMARTS) is 2. The summed E-state index contributed by atoms with van der Waals surface area (Å²) in [6.07, 6.45) is -1.76. The van der Waals surface area contributed by atoms with Gasteiger partial charge in [0.25, 0.3) is 0 Å². The van der Waals surface area contributed by atoms with Gasteiger partial charge in [0.1, 0.15) is 5.60 Å². The van der Waals surface area contributed by atoms with E-state index in [0.29, 0.717) is 22.7 Å². The van der Waals surface area contributed by atoms with E-state index < -0.39 is 23.9 Å². The molecule has 1 fully saturated rings. The minimum absolute atomic E-state index is 0.162. The van der Waals surface area contributed by atoms with Gasteiger partial charge in [-0.05, 0) is 64.3 Å². The van der Waals surface area contributed by atoms with E-state index in [1.165, 1.54) is 0 Å². The zero-order valence-electron chi connectivity index (χ0n) is 18.8. The maximum Gasteiger partial charge on any atom is 0.417 e. The molecule has 1 heterocycles. The predicted octanol–water partition coefficient (Wildman–Crippen LogP) is 3.76. The number of benzene rings is 1. The number of anilines is 2. The maximum absolute atomic E-state index is 12.1. The Balaban J connectivity index is 2.30. The topological polar surface area (TPSA) is 144 Å². The maximum atomic E-state index is 12.1. The third-order valence-electron chi connectivity index (χ3n) is 4.51. The second-order valence-electron chi connectivity index (χ2n) is 8.26. The number of imide groups is 1. The molecule has 0 radical (unpaired) electrons. The summed E-state index contributed by atoms with van der Waals surface area (Å²) in [7, 11) is 0. The molecule has 1 aromatic rings. The Labute approximate surface area is 187 Å². The molecule has 11 nitrogen and oxygen atoms in total.